The lowest BCUT2D eigenvalue weighted by molar-refractivity contribution is -0.131. The monoisotopic (exact) mass is 285 g/mol. The van der Waals surface area contributed by atoms with Crippen molar-refractivity contribution in [1.82, 2.24) is 14.8 Å². The van der Waals surface area contributed by atoms with E-state index in [0.717, 1.165) is 31.0 Å². The molecule has 2 aliphatic heterocycles. The van der Waals surface area contributed by atoms with Gasteiger partial charge in [-0.1, -0.05) is 6.07 Å². The van der Waals surface area contributed by atoms with Gasteiger partial charge in [0.2, 0.25) is 5.91 Å². The fourth-order valence-electron chi connectivity index (χ4n) is 4.00. The van der Waals surface area contributed by atoms with Gasteiger partial charge in [-0.2, -0.15) is 0 Å². The molecule has 4 heteroatoms. The number of hydrogen-bond acceptors (Lipinski definition) is 3. The van der Waals surface area contributed by atoms with Crippen LogP contribution in [-0.2, 0) is 11.2 Å². The van der Waals surface area contributed by atoms with Crippen molar-refractivity contribution in [1.29, 1.82) is 0 Å². The number of nitrogens with zero attached hydrogens (tertiary/aromatic N) is 3. The SMILES string of the molecule is O=C(Cc1ccccn1)N1CC[C@H]2[C@H]1CCN2CC1CC1. The van der Waals surface area contributed by atoms with Crippen LogP contribution in [0.3, 0.4) is 0 Å². The molecule has 0 unspecified atom stereocenters. The van der Waals surface area contributed by atoms with Crippen molar-refractivity contribution in [2.75, 3.05) is 19.6 Å². The van der Waals surface area contributed by atoms with Gasteiger partial charge in [0.15, 0.2) is 0 Å². The molecule has 2 saturated heterocycles. The summed E-state index contributed by atoms with van der Waals surface area (Å²) in [4.78, 5) is 21.6. The summed E-state index contributed by atoms with van der Waals surface area (Å²) in [6.07, 6.45) is 7.36. The molecule has 4 rings (SSSR count). The quantitative estimate of drug-likeness (QED) is 0.845. The van der Waals surface area contributed by atoms with Crippen LogP contribution in [0.4, 0.5) is 0 Å². The number of likely N-dealkylation sites (tertiary alicyclic amines) is 2. The third-order valence-corrected chi connectivity index (χ3v) is 5.26. The summed E-state index contributed by atoms with van der Waals surface area (Å²) >= 11 is 0. The standard InChI is InChI=1S/C17H23N3O/c21-17(11-14-3-1-2-8-18-14)20-10-7-15-16(20)6-9-19(15)12-13-4-5-13/h1-3,8,13,15-16H,4-7,9-12H2/t15-,16+/m0/s1. The summed E-state index contributed by atoms with van der Waals surface area (Å²) in [5.74, 6) is 1.21. The smallest absolute Gasteiger partial charge is 0.228 e. The second-order valence-electron chi connectivity index (χ2n) is 6.74. The van der Waals surface area contributed by atoms with E-state index in [0.29, 0.717) is 18.5 Å². The predicted molar refractivity (Wildman–Crippen MR) is 80.8 cm³/mol. The molecule has 1 amide bonds. The summed E-state index contributed by atoms with van der Waals surface area (Å²) < 4.78 is 0. The lowest BCUT2D eigenvalue weighted by Gasteiger charge is -2.25. The molecule has 4 nitrogen and oxygen atoms in total. The summed E-state index contributed by atoms with van der Waals surface area (Å²) in [6, 6.07) is 6.87. The Morgan fingerprint density at radius 1 is 1.14 bits per heavy atom. The second-order valence-corrected chi connectivity index (χ2v) is 6.74. The van der Waals surface area contributed by atoms with Crippen molar-refractivity contribution in [3.05, 3.63) is 30.1 Å². The van der Waals surface area contributed by atoms with Crippen LogP contribution in [-0.4, -0.2) is 52.4 Å². The van der Waals surface area contributed by atoms with Crippen LogP contribution < -0.4 is 0 Å². The van der Waals surface area contributed by atoms with Crippen molar-refractivity contribution in [3.63, 3.8) is 0 Å². The van der Waals surface area contributed by atoms with Gasteiger partial charge < -0.3 is 4.90 Å². The molecule has 3 heterocycles. The average molecular weight is 285 g/mol. The van der Waals surface area contributed by atoms with E-state index in [1.54, 1.807) is 6.20 Å². The molecule has 3 fully saturated rings. The number of carbonyl (C=O) groups is 1. The fraction of sp³-hybridized carbons (Fsp3) is 0.647. The number of carbonyl (C=O) groups excluding carboxylic acids is 1. The van der Waals surface area contributed by atoms with Gasteiger partial charge in [-0.05, 0) is 43.7 Å². The molecule has 1 aliphatic carbocycles. The topological polar surface area (TPSA) is 36.4 Å². The van der Waals surface area contributed by atoms with E-state index in [2.05, 4.69) is 14.8 Å². The number of fused-ring (bicyclic) bond motifs is 1. The van der Waals surface area contributed by atoms with Crippen LogP contribution in [0, 0.1) is 5.92 Å². The minimum Gasteiger partial charge on any atom is -0.338 e. The number of pyridine rings is 1. The highest BCUT2D eigenvalue weighted by molar-refractivity contribution is 5.79. The van der Waals surface area contributed by atoms with Gasteiger partial charge in [0.25, 0.3) is 0 Å². The number of aromatic nitrogens is 1. The van der Waals surface area contributed by atoms with Gasteiger partial charge in [-0.15, -0.1) is 0 Å². The predicted octanol–water partition coefficient (Wildman–Crippen LogP) is 1.71. The summed E-state index contributed by atoms with van der Waals surface area (Å²) in [7, 11) is 0. The van der Waals surface area contributed by atoms with E-state index in [-0.39, 0.29) is 5.91 Å². The lowest BCUT2D eigenvalue weighted by atomic mass is 10.1. The third kappa shape index (κ3) is 2.69. The molecule has 0 N–H and O–H groups in total. The first-order valence-electron chi connectivity index (χ1n) is 8.24. The van der Waals surface area contributed by atoms with Gasteiger partial charge in [-0.3, -0.25) is 14.7 Å². The zero-order chi connectivity index (χ0) is 14.2. The van der Waals surface area contributed by atoms with Crippen molar-refractivity contribution in [2.45, 2.75) is 44.2 Å². The molecule has 0 aromatic carbocycles. The van der Waals surface area contributed by atoms with Crippen molar-refractivity contribution in [2.24, 2.45) is 5.92 Å². The molecule has 0 radical (unpaired) electrons. The van der Waals surface area contributed by atoms with Gasteiger partial charge in [0.1, 0.15) is 0 Å². The van der Waals surface area contributed by atoms with E-state index in [1.165, 1.54) is 25.9 Å². The molecular weight excluding hydrogens is 262 g/mol. The minimum absolute atomic E-state index is 0.259. The highest BCUT2D eigenvalue weighted by Gasteiger charge is 2.45. The number of rotatable bonds is 4. The molecule has 0 spiro atoms. The molecule has 2 atom stereocenters. The minimum atomic E-state index is 0.259. The third-order valence-electron chi connectivity index (χ3n) is 5.26. The highest BCUT2D eigenvalue weighted by Crippen LogP contribution is 2.36. The molecule has 0 bridgehead atoms. The van der Waals surface area contributed by atoms with Gasteiger partial charge >= 0.3 is 0 Å². The van der Waals surface area contributed by atoms with Crippen LogP contribution in [0.5, 0.6) is 0 Å². The van der Waals surface area contributed by atoms with Gasteiger partial charge in [-0.25, -0.2) is 0 Å². The van der Waals surface area contributed by atoms with E-state index >= 15 is 0 Å². The lowest BCUT2D eigenvalue weighted by Crippen LogP contribution is -2.40. The Balaban J connectivity index is 1.39. The Morgan fingerprint density at radius 3 is 2.76 bits per heavy atom. The first kappa shape index (κ1) is 13.3. The number of hydrogen-bond donors (Lipinski definition) is 0. The van der Waals surface area contributed by atoms with E-state index in [1.807, 2.05) is 18.2 Å². The summed E-state index contributed by atoms with van der Waals surface area (Å²) in [5.41, 5.74) is 0.888. The first-order valence-corrected chi connectivity index (χ1v) is 8.24. The molecule has 21 heavy (non-hydrogen) atoms. The van der Waals surface area contributed by atoms with Crippen LogP contribution in [0.25, 0.3) is 0 Å². The van der Waals surface area contributed by atoms with Crippen LogP contribution in [0.2, 0.25) is 0 Å². The van der Waals surface area contributed by atoms with Gasteiger partial charge in [0, 0.05) is 43.6 Å². The Labute approximate surface area is 126 Å². The number of amides is 1. The fourth-order valence-corrected chi connectivity index (χ4v) is 4.00. The maximum absolute atomic E-state index is 12.6. The molecular formula is C17H23N3O. The Bertz CT molecular complexity index is 514. The van der Waals surface area contributed by atoms with Crippen molar-refractivity contribution >= 4 is 5.91 Å². The zero-order valence-electron chi connectivity index (χ0n) is 12.4. The van der Waals surface area contributed by atoms with E-state index in [9.17, 15) is 4.79 Å². The Kier molecular flexibility index (Phi) is 3.42. The summed E-state index contributed by atoms with van der Waals surface area (Å²) in [6.45, 7) is 3.38. The normalized spacial score (nSPS) is 28.9. The van der Waals surface area contributed by atoms with Gasteiger partial charge in [0.05, 0.1) is 6.42 Å². The maximum atomic E-state index is 12.6. The van der Waals surface area contributed by atoms with Crippen molar-refractivity contribution in [3.8, 4) is 0 Å². The van der Waals surface area contributed by atoms with E-state index in [4.69, 9.17) is 0 Å². The average Bonchev–Trinajstić information content (AvgIpc) is 3.07. The molecule has 3 aliphatic rings. The summed E-state index contributed by atoms with van der Waals surface area (Å²) in [5, 5.41) is 0. The maximum Gasteiger partial charge on any atom is 0.228 e. The largest absolute Gasteiger partial charge is 0.338 e. The van der Waals surface area contributed by atoms with Crippen LogP contribution in [0.1, 0.15) is 31.4 Å². The highest BCUT2D eigenvalue weighted by atomic mass is 16.2. The molecule has 1 aromatic rings. The zero-order valence-corrected chi connectivity index (χ0v) is 12.4. The molecule has 112 valence electrons. The molecule has 1 aromatic heterocycles. The van der Waals surface area contributed by atoms with E-state index < -0.39 is 0 Å². The van der Waals surface area contributed by atoms with Crippen LogP contribution in [0.15, 0.2) is 24.4 Å². The van der Waals surface area contributed by atoms with Crippen LogP contribution >= 0.6 is 0 Å². The Morgan fingerprint density at radius 2 is 2.00 bits per heavy atom. The second kappa shape index (κ2) is 5.41. The first-order chi connectivity index (χ1) is 10.3. The van der Waals surface area contributed by atoms with Crippen molar-refractivity contribution < 1.29 is 4.79 Å². The Hall–Kier alpha value is -1.42. The molecule has 1 saturated carbocycles.